The summed E-state index contributed by atoms with van der Waals surface area (Å²) in [6, 6.07) is 5.94. The predicted octanol–water partition coefficient (Wildman–Crippen LogP) is 4.96. The summed E-state index contributed by atoms with van der Waals surface area (Å²) < 4.78 is 18.7. The van der Waals surface area contributed by atoms with Crippen LogP contribution in [0.3, 0.4) is 0 Å². The van der Waals surface area contributed by atoms with Crippen LogP contribution in [-0.2, 0) is 0 Å². The Morgan fingerprint density at radius 3 is 2.56 bits per heavy atom. The van der Waals surface area contributed by atoms with Gasteiger partial charge in [-0.1, -0.05) is 0 Å². The van der Waals surface area contributed by atoms with Crippen LogP contribution in [0.1, 0.15) is 16.3 Å². The lowest BCUT2D eigenvalue weighted by Crippen LogP contribution is -1.91. The normalized spacial score (nSPS) is 11.4. The number of fused-ring (bicyclic) bond motifs is 1. The molecule has 0 radical (unpaired) electrons. The first-order chi connectivity index (χ1) is 12.0. The van der Waals surface area contributed by atoms with Crippen molar-refractivity contribution < 1.29 is 8.81 Å². The zero-order chi connectivity index (χ0) is 17.6. The third kappa shape index (κ3) is 3.03. The van der Waals surface area contributed by atoms with Crippen molar-refractivity contribution in [1.82, 2.24) is 20.2 Å². The topological polar surface area (TPSA) is 64.7 Å². The van der Waals surface area contributed by atoms with E-state index in [1.165, 1.54) is 34.3 Å². The molecule has 126 valence electrons. The van der Waals surface area contributed by atoms with Crippen molar-refractivity contribution in [2.45, 2.75) is 31.0 Å². The number of rotatable bonds is 3. The van der Waals surface area contributed by atoms with E-state index in [9.17, 15) is 4.39 Å². The number of nitrogens with zero attached hydrogens (tertiary/aromatic N) is 4. The monoisotopic (exact) mass is 372 g/mol. The van der Waals surface area contributed by atoms with Gasteiger partial charge in [-0.3, -0.25) is 0 Å². The van der Waals surface area contributed by atoms with Crippen molar-refractivity contribution in [3.05, 3.63) is 46.3 Å². The van der Waals surface area contributed by atoms with Gasteiger partial charge in [0.2, 0.25) is 5.89 Å². The van der Waals surface area contributed by atoms with Crippen LogP contribution in [0.2, 0.25) is 0 Å². The standard InChI is InChI=1S/C17H13FN4OS2/c1-8-9(2)24-15-13(8)16(20-10(3)19-15)25-17-22-21-14(23-17)11-4-6-12(18)7-5-11/h4-7H,1-3H3. The molecule has 0 unspecified atom stereocenters. The molecule has 0 atom stereocenters. The molecular formula is C17H13FN4OS2. The molecule has 0 saturated heterocycles. The zero-order valence-electron chi connectivity index (χ0n) is 13.7. The molecule has 8 heteroatoms. The summed E-state index contributed by atoms with van der Waals surface area (Å²) in [6.07, 6.45) is 0. The molecule has 0 aliphatic heterocycles. The number of thiophene rings is 1. The van der Waals surface area contributed by atoms with Gasteiger partial charge in [0.05, 0.1) is 0 Å². The molecule has 1 aromatic carbocycles. The molecular weight excluding hydrogens is 359 g/mol. The maximum atomic E-state index is 13.0. The number of aromatic nitrogens is 4. The first kappa shape index (κ1) is 16.2. The average Bonchev–Trinajstić information content (AvgIpc) is 3.13. The molecule has 5 nitrogen and oxygen atoms in total. The van der Waals surface area contributed by atoms with Gasteiger partial charge in [-0.25, -0.2) is 14.4 Å². The fourth-order valence-corrected chi connectivity index (χ4v) is 4.47. The lowest BCUT2D eigenvalue weighted by Gasteiger charge is -2.02. The highest BCUT2D eigenvalue weighted by atomic mass is 32.2. The van der Waals surface area contributed by atoms with E-state index in [0.717, 1.165) is 15.2 Å². The van der Waals surface area contributed by atoms with E-state index in [0.29, 0.717) is 22.5 Å². The molecule has 0 N–H and O–H groups in total. The number of halogens is 1. The van der Waals surface area contributed by atoms with Gasteiger partial charge in [0.1, 0.15) is 21.5 Å². The van der Waals surface area contributed by atoms with Crippen molar-refractivity contribution in [3.63, 3.8) is 0 Å². The average molecular weight is 372 g/mol. The van der Waals surface area contributed by atoms with Crippen molar-refractivity contribution >= 4 is 33.3 Å². The second-order valence-corrected chi connectivity index (χ2v) is 7.66. The minimum Gasteiger partial charge on any atom is -0.411 e. The molecule has 0 fully saturated rings. The first-order valence-corrected chi connectivity index (χ1v) is 9.16. The first-order valence-electron chi connectivity index (χ1n) is 7.53. The van der Waals surface area contributed by atoms with Gasteiger partial charge in [0.25, 0.3) is 5.22 Å². The molecule has 0 aliphatic carbocycles. The van der Waals surface area contributed by atoms with Gasteiger partial charge in [0.15, 0.2) is 0 Å². The molecule has 0 spiro atoms. The molecule has 4 aromatic rings. The SMILES string of the molecule is Cc1nc(Sc2nnc(-c3ccc(F)cc3)o2)c2c(C)c(C)sc2n1. The molecule has 3 aromatic heterocycles. The predicted molar refractivity (Wildman–Crippen MR) is 95.4 cm³/mol. The highest BCUT2D eigenvalue weighted by Crippen LogP contribution is 2.38. The maximum absolute atomic E-state index is 13.0. The van der Waals surface area contributed by atoms with E-state index < -0.39 is 0 Å². The second kappa shape index (κ2) is 6.20. The van der Waals surface area contributed by atoms with Crippen LogP contribution in [0.4, 0.5) is 4.39 Å². The summed E-state index contributed by atoms with van der Waals surface area (Å²) in [6.45, 7) is 6.01. The Morgan fingerprint density at radius 1 is 1.04 bits per heavy atom. The lowest BCUT2D eigenvalue weighted by atomic mass is 10.2. The van der Waals surface area contributed by atoms with E-state index in [4.69, 9.17) is 4.42 Å². The Labute approximate surface area is 151 Å². The Balaban J connectivity index is 1.71. The summed E-state index contributed by atoms with van der Waals surface area (Å²) in [5, 5.41) is 10.3. The Bertz CT molecular complexity index is 1070. The number of aryl methyl sites for hydroxylation is 3. The summed E-state index contributed by atoms with van der Waals surface area (Å²) in [5.74, 6) is 0.747. The zero-order valence-corrected chi connectivity index (χ0v) is 15.3. The fraction of sp³-hybridized carbons (Fsp3) is 0.176. The van der Waals surface area contributed by atoms with E-state index in [-0.39, 0.29) is 5.82 Å². The van der Waals surface area contributed by atoms with Gasteiger partial charge in [0, 0.05) is 15.8 Å². The number of benzene rings is 1. The molecule has 0 amide bonds. The highest BCUT2D eigenvalue weighted by molar-refractivity contribution is 7.99. The molecule has 0 aliphatic rings. The van der Waals surface area contributed by atoms with E-state index in [2.05, 4.69) is 34.0 Å². The van der Waals surface area contributed by atoms with Gasteiger partial charge in [-0.05, 0) is 62.4 Å². The van der Waals surface area contributed by atoms with Gasteiger partial charge in [-0.2, -0.15) is 0 Å². The van der Waals surface area contributed by atoms with Crippen molar-refractivity contribution in [2.24, 2.45) is 0 Å². The third-order valence-electron chi connectivity index (χ3n) is 3.79. The Hall–Kier alpha value is -2.32. The van der Waals surface area contributed by atoms with Gasteiger partial charge >= 0.3 is 0 Å². The van der Waals surface area contributed by atoms with Crippen LogP contribution in [0.5, 0.6) is 0 Å². The van der Waals surface area contributed by atoms with Gasteiger partial charge in [-0.15, -0.1) is 21.5 Å². The molecule has 4 rings (SSSR count). The summed E-state index contributed by atoms with van der Waals surface area (Å²) in [4.78, 5) is 11.2. The Morgan fingerprint density at radius 2 is 1.80 bits per heavy atom. The number of hydrogen-bond acceptors (Lipinski definition) is 7. The van der Waals surface area contributed by atoms with Crippen LogP contribution < -0.4 is 0 Å². The summed E-state index contributed by atoms with van der Waals surface area (Å²) in [5.41, 5.74) is 1.84. The van der Waals surface area contributed by atoms with E-state index >= 15 is 0 Å². The maximum Gasteiger partial charge on any atom is 0.283 e. The molecule has 0 bridgehead atoms. The van der Waals surface area contributed by atoms with Crippen LogP contribution in [0, 0.1) is 26.6 Å². The van der Waals surface area contributed by atoms with Crippen LogP contribution >= 0.6 is 23.1 Å². The lowest BCUT2D eigenvalue weighted by molar-refractivity contribution is 0.465. The minimum absolute atomic E-state index is 0.306. The van der Waals surface area contributed by atoms with Crippen molar-refractivity contribution in [3.8, 4) is 11.5 Å². The number of hydrogen-bond donors (Lipinski definition) is 0. The largest absolute Gasteiger partial charge is 0.411 e. The van der Waals surface area contributed by atoms with Crippen LogP contribution in [0.25, 0.3) is 21.7 Å². The molecule has 0 saturated carbocycles. The van der Waals surface area contributed by atoms with E-state index in [1.807, 2.05) is 6.92 Å². The molecule has 25 heavy (non-hydrogen) atoms. The quantitative estimate of drug-likeness (QED) is 0.474. The van der Waals surface area contributed by atoms with Crippen molar-refractivity contribution in [2.75, 3.05) is 0 Å². The highest BCUT2D eigenvalue weighted by Gasteiger charge is 2.17. The Kier molecular flexibility index (Phi) is 4.01. The summed E-state index contributed by atoms with van der Waals surface area (Å²) in [7, 11) is 0. The second-order valence-electron chi connectivity index (χ2n) is 5.52. The minimum atomic E-state index is -0.306. The van der Waals surface area contributed by atoms with Crippen LogP contribution in [0.15, 0.2) is 38.9 Å². The fourth-order valence-electron chi connectivity index (χ4n) is 2.43. The molecule has 3 heterocycles. The van der Waals surface area contributed by atoms with Gasteiger partial charge < -0.3 is 4.42 Å². The third-order valence-corrected chi connectivity index (χ3v) is 5.72. The van der Waals surface area contributed by atoms with E-state index in [1.54, 1.807) is 23.5 Å². The smallest absolute Gasteiger partial charge is 0.283 e. The van der Waals surface area contributed by atoms with Crippen LogP contribution in [-0.4, -0.2) is 20.2 Å². The summed E-state index contributed by atoms with van der Waals surface area (Å²) >= 11 is 2.97. The van der Waals surface area contributed by atoms with Crippen molar-refractivity contribution in [1.29, 1.82) is 0 Å².